The molecule has 21 heavy (non-hydrogen) atoms. The molecule has 6 nitrogen and oxygen atoms in total. The Labute approximate surface area is 123 Å². The molecule has 0 bridgehead atoms. The van der Waals surface area contributed by atoms with Crippen LogP contribution >= 0.6 is 0 Å². The lowest BCUT2D eigenvalue weighted by atomic mass is 10.1. The van der Waals surface area contributed by atoms with Crippen LogP contribution in [0.1, 0.15) is 15.9 Å². The summed E-state index contributed by atoms with van der Waals surface area (Å²) in [7, 11) is -1.78. The highest BCUT2D eigenvalue weighted by Gasteiger charge is 2.14. The minimum atomic E-state index is -3.52. The van der Waals surface area contributed by atoms with Crippen LogP contribution in [0.4, 0.5) is 0 Å². The highest BCUT2D eigenvalue weighted by Crippen LogP contribution is 2.09. The Hall–Kier alpha value is -2.12. The Balaban J connectivity index is 1.98. The van der Waals surface area contributed by atoms with Gasteiger partial charge in [0.15, 0.2) is 0 Å². The minimum Gasteiger partial charge on any atom is -0.478 e. The fourth-order valence-electron chi connectivity index (χ4n) is 1.91. The van der Waals surface area contributed by atoms with Gasteiger partial charge in [0.1, 0.15) is 0 Å². The lowest BCUT2D eigenvalue weighted by Gasteiger charge is -2.06. The summed E-state index contributed by atoms with van der Waals surface area (Å²) in [5.74, 6) is -0.998. The number of hydrogen-bond donors (Lipinski definition) is 2. The third kappa shape index (κ3) is 3.93. The largest absolute Gasteiger partial charge is 0.478 e. The smallest absolute Gasteiger partial charge is 0.335 e. The molecule has 1 heterocycles. The van der Waals surface area contributed by atoms with E-state index in [1.807, 2.05) is 0 Å². The van der Waals surface area contributed by atoms with Gasteiger partial charge in [-0.2, -0.15) is 0 Å². The number of aryl methyl sites for hydroxylation is 1. The molecule has 0 saturated heterocycles. The lowest BCUT2D eigenvalue weighted by Crippen LogP contribution is -2.25. The summed E-state index contributed by atoms with van der Waals surface area (Å²) in [6, 6.07) is 7.97. The highest BCUT2D eigenvalue weighted by molar-refractivity contribution is 7.89. The molecule has 0 atom stereocenters. The van der Waals surface area contributed by atoms with Crippen molar-refractivity contribution in [1.29, 1.82) is 0 Å². The molecule has 0 amide bonds. The summed E-state index contributed by atoms with van der Waals surface area (Å²) in [6.07, 6.45) is 3.60. The number of carbonyl (C=O) groups is 1. The molecule has 0 saturated carbocycles. The van der Waals surface area contributed by atoms with E-state index in [0.29, 0.717) is 6.42 Å². The van der Waals surface area contributed by atoms with Crippen molar-refractivity contribution >= 4 is 16.0 Å². The van der Waals surface area contributed by atoms with Crippen molar-refractivity contribution in [2.24, 2.45) is 7.05 Å². The first-order valence-corrected chi connectivity index (χ1v) is 7.81. The molecular weight excluding hydrogens is 292 g/mol. The van der Waals surface area contributed by atoms with Crippen LogP contribution in [-0.2, 0) is 23.5 Å². The fourth-order valence-corrected chi connectivity index (χ4v) is 2.99. The van der Waals surface area contributed by atoms with E-state index in [2.05, 4.69) is 4.72 Å². The summed E-state index contributed by atoms with van der Waals surface area (Å²) >= 11 is 0. The SMILES string of the molecule is Cn1ccc(S(=O)(=O)NCCc2cccc(C(=O)O)c2)c1. The predicted molar refractivity (Wildman–Crippen MR) is 77.7 cm³/mol. The van der Waals surface area contributed by atoms with Gasteiger partial charge in [-0.15, -0.1) is 0 Å². The van der Waals surface area contributed by atoms with E-state index in [9.17, 15) is 13.2 Å². The van der Waals surface area contributed by atoms with Gasteiger partial charge in [-0.05, 0) is 30.2 Å². The average Bonchev–Trinajstić information content (AvgIpc) is 2.86. The second-order valence-electron chi connectivity index (χ2n) is 4.67. The molecule has 0 radical (unpaired) electrons. The number of nitrogens with zero attached hydrogens (tertiary/aromatic N) is 1. The van der Waals surface area contributed by atoms with Crippen molar-refractivity contribution < 1.29 is 18.3 Å². The van der Waals surface area contributed by atoms with Gasteiger partial charge >= 0.3 is 5.97 Å². The van der Waals surface area contributed by atoms with Crippen LogP contribution in [-0.4, -0.2) is 30.6 Å². The highest BCUT2D eigenvalue weighted by atomic mass is 32.2. The standard InChI is InChI=1S/C14H16N2O4S/c1-16-8-6-13(10-16)21(19,20)15-7-5-11-3-2-4-12(9-11)14(17)18/h2-4,6,8-10,15H,5,7H2,1H3,(H,17,18). The van der Waals surface area contributed by atoms with Crippen LogP contribution in [0.2, 0.25) is 0 Å². The number of aromatic carboxylic acids is 1. The monoisotopic (exact) mass is 308 g/mol. The van der Waals surface area contributed by atoms with Crippen LogP contribution in [0.3, 0.4) is 0 Å². The number of carboxylic acids is 1. The van der Waals surface area contributed by atoms with Crippen LogP contribution in [0.25, 0.3) is 0 Å². The normalized spacial score (nSPS) is 11.5. The third-order valence-corrected chi connectivity index (χ3v) is 4.44. The molecule has 1 aromatic heterocycles. The molecule has 2 N–H and O–H groups in total. The molecule has 112 valence electrons. The van der Waals surface area contributed by atoms with Crippen molar-refractivity contribution in [3.8, 4) is 0 Å². The van der Waals surface area contributed by atoms with Gasteiger partial charge in [-0.1, -0.05) is 12.1 Å². The molecule has 0 fully saturated rings. The lowest BCUT2D eigenvalue weighted by molar-refractivity contribution is 0.0696. The Bertz CT molecular complexity index is 750. The maximum Gasteiger partial charge on any atom is 0.335 e. The van der Waals surface area contributed by atoms with Crippen molar-refractivity contribution in [2.45, 2.75) is 11.3 Å². The van der Waals surface area contributed by atoms with Crippen LogP contribution in [0.5, 0.6) is 0 Å². The maximum atomic E-state index is 12.0. The molecule has 1 aromatic carbocycles. The Kier molecular flexibility index (Phi) is 4.44. The predicted octanol–water partition coefficient (Wildman–Crippen LogP) is 1.24. The Morgan fingerprint density at radius 1 is 1.33 bits per heavy atom. The summed E-state index contributed by atoms with van der Waals surface area (Å²) in [5, 5.41) is 8.90. The number of benzene rings is 1. The topological polar surface area (TPSA) is 88.4 Å². The van der Waals surface area contributed by atoms with E-state index in [-0.39, 0.29) is 17.0 Å². The fraction of sp³-hybridized carbons (Fsp3) is 0.214. The molecule has 0 spiro atoms. The van der Waals surface area contributed by atoms with E-state index in [0.717, 1.165) is 5.56 Å². The first-order valence-electron chi connectivity index (χ1n) is 6.32. The summed E-state index contributed by atoms with van der Waals surface area (Å²) < 4.78 is 28.1. The Morgan fingerprint density at radius 3 is 2.71 bits per heavy atom. The zero-order chi connectivity index (χ0) is 15.5. The van der Waals surface area contributed by atoms with Gasteiger partial charge in [-0.25, -0.2) is 17.9 Å². The number of carboxylic acid groups (broad SMARTS) is 1. The van der Waals surface area contributed by atoms with E-state index < -0.39 is 16.0 Å². The minimum absolute atomic E-state index is 0.193. The first kappa shape index (κ1) is 15.3. The van der Waals surface area contributed by atoms with E-state index in [4.69, 9.17) is 5.11 Å². The van der Waals surface area contributed by atoms with Crippen LogP contribution in [0, 0.1) is 0 Å². The molecule has 2 rings (SSSR count). The molecule has 7 heteroatoms. The van der Waals surface area contributed by atoms with Crippen LogP contribution in [0.15, 0.2) is 47.6 Å². The van der Waals surface area contributed by atoms with Crippen molar-refractivity contribution in [2.75, 3.05) is 6.54 Å². The second-order valence-corrected chi connectivity index (χ2v) is 6.43. The summed E-state index contributed by atoms with van der Waals surface area (Å²) in [5.41, 5.74) is 0.962. The first-order chi connectivity index (χ1) is 9.88. The molecule has 0 aliphatic rings. The van der Waals surface area contributed by atoms with Gasteiger partial charge in [0.2, 0.25) is 10.0 Å². The van der Waals surface area contributed by atoms with Crippen molar-refractivity contribution in [3.63, 3.8) is 0 Å². The van der Waals surface area contributed by atoms with Crippen molar-refractivity contribution in [1.82, 2.24) is 9.29 Å². The van der Waals surface area contributed by atoms with Gasteiger partial charge in [-0.3, -0.25) is 0 Å². The van der Waals surface area contributed by atoms with Gasteiger partial charge in [0.05, 0.1) is 10.5 Å². The summed E-state index contributed by atoms with van der Waals surface area (Å²) in [4.78, 5) is 11.1. The van der Waals surface area contributed by atoms with Gasteiger partial charge in [0.25, 0.3) is 0 Å². The average molecular weight is 308 g/mol. The summed E-state index contributed by atoms with van der Waals surface area (Å²) in [6.45, 7) is 0.209. The molecule has 0 aliphatic heterocycles. The van der Waals surface area contributed by atoms with Gasteiger partial charge in [0, 0.05) is 26.0 Å². The number of hydrogen-bond acceptors (Lipinski definition) is 3. The van der Waals surface area contributed by atoms with Gasteiger partial charge < -0.3 is 9.67 Å². The maximum absolute atomic E-state index is 12.0. The quantitative estimate of drug-likeness (QED) is 0.840. The second kappa shape index (κ2) is 6.11. The number of sulfonamides is 1. The molecule has 0 aliphatic carbocycles. The molecule has 0 unspecified atom stereocenters. The van der Waals surface area contributed by atoms with Crippen molar-refractivity contribution in [3.05, 3.63) is 53.9 Å². The number of nitrogens with one attached hydrogen (secondary N) is 1. The number of aromatic nitrogens is 1. The van der Waals surface area contributed by atoms with E-state index in [1.165, 1.54) is 18.3 Å². The number of rotatable bonds is 6. The molecular formula is C14H16N2O4S. The van der Waals surface area contributed by atoms with Crippen LogP contribution < -0.4 is 4.72 Å². The zero-order valence-electron chi connectivity index (χ0n) is 11.5. The zero-order valence-corrected chi connectivity index (χ0v) is 12.3. The van der Waals surface area contributed by atoms with E-state index in [1.54, 1.807) is 36.0 Å². The third-order valence-electron chi connectivity index (χ3n) is 2.99. The van der Waals surface area contributed by atoms with E-state index >= 15 is 0 Å². The Morgan fingerprint density at radius 2 is 2.10 bits per heavy atom. The molecule has 2 aromatic rings.